The summed E-state index contributed by atoms with van der Waals surface area (Å²) in [5.74, 6) is 0. The molecule has 2 aliphatic rings. The van der Waals surface area contributed by atoms with E-state index in [1.807, 2.05) is 0 Å². The summed E-state index contributed by atoms with van der Waals surface area (Å²) >= 11 is 0. The molecule has 1 aromatic rings. The molecule has 1 saturated heterocycles. The molecule has 12 heteroatoms. The van der Waals surface area contributed by atoms with Crippen LogP contribution in [0.15, 0.2) is 34.1 Å². The molecule has 1 saturated carbocycles. The first-order valence-electron chi connectivity index (χ1n) is 8.57. The van der Waals surface area contributed by atoms with Crippen LogP contribution in [0.2, 0.25) is 0 Å². The van der Waals surface area contributed by atoms with E-state index in [0.29, 0.717) is 12.8 Å². The van der Waals surface area contributed by atoms with Crippen molar-refractivity contribution >= 4 is 30.1 Å². The van der Waals surface area contributed by atoms with Crippen molar-refractivity contribution in [2.75, 3.05) is 19.3 Å². The standard InChI is InChI=1S/C15H23N3O6S3/c1-25(19,20)16-13-3-2-10-18(11-13)27(23,24)15-8-6-14(7-9-15)26(21,22)17-12-4-5-12/h6-9,12-13,16-17H,2-5,10-11H2,1H3. The zero-order valence-corrected chi connectivity index (χ0v) is 17.3. The van der Waals surface area contributed by atoms with Crippen LogP contribution in [0.1, 0.15) is 25.7 Å². The third-order valence-electron chi connectivity index (χ3n) is 4.44. The Bertz CT molecular complexity index is 999. The highest BCUT2D eigenvalue weighted by atomic mass is 32.2. The molecule has 9 nitrogen and oxygen atoms in total. The second-order valence-electron chi connectivity index (χ2n) is 6.96. The van der Waals surface area contributed by atoms with Gasteiger partial charge in [0.25, 0.3) is 0 Å². The Morgan fingerprint density at radius 3 is 2.00 bits per heavy atom. The van der Waals surface area contributed by atoms with Gasteiger partial charge in [0.2, 0.25) is 30.1 Å². The molecule has 2 fully saturated rings. The minimum Gasteiger partial charge on any atom is -0.213 e. The number of nitrogens with zero attached hydrogens (tertiary/aromatic N) is 1. The van der Waals surface area contributed by atoms with Gasteiger partial charge in [-0.2, -0.15) is 4.31 Å². The second kappa shape index (κ2) is 7.41. The zero-order valence-electron chi connectivity index (χ0n) is 14.8. The maximum absolute atomic E-state index is 12.8. The van der Waals surface area contributed by atoms with Gasteiger partial charge >= 0.3 is 0 Å². The van der Waals surface area contributed by atoms with Gasteiger partial charge in [0, 0.05) is 25.2 Å². The van der Waals surface area contributed by atoms with Crippen molar-refractivity contribution in [1.82, 2.24) is 13.7 Å². The highest BCUT2D eigenvalue weighted by molar-refractivity contribution is 7.90. The van der Waals surface area contributed by atoms with Crippen LogP contribution in [0.5, 0.6) is 0 Å². The zero-order chi connectivity index (χ0) is 19.9. The maximum Gasteiger partial charge on any atom is 0.243 e. The van der Waals surface area contributed by atoms with Gasteiger partial charge in [-0.3, -0.25) is 0 Å². The van der Waals surface area contributed by atoms with E-state index >= 15 is 0 Å². The molecule has 3 rings (SSSR count). The summed E-state index contributed by atoms with van der Waals surface area (Å²) in [5.41, 5.74) is 0. The van der Waals surface area contributed by atoms with Crippen molar-refractivity contribution in [1.29, 1.82) is 0 Å². The van der Waals surface area contributed by atoms with Gasteiger partial charge in [-0.1, -0.05) is 0 Å². The summed E-state index contributed by atoms with van der Waals surface area (Å²) in [6.07, 6.45) is 3.75. The highest BCUT2D eigenvalue weighted by Gasteiger charge is 2.32. The Balaban J connectivity index is 1.76. The minimum absolute atomic E-state index is 0.0172. The number of benzene rings is 1. The van der Waals surface area contributed by atoms with Crippen molar-refractivity contribution in [3.63, 3.8) is 0 Å². The second-order valence-corrected chi connectivity index (χ2v) is 12.4. The molecule has 0 amide bonds. The highest BCUT2D eigenvalue weighted by Crippen LogP contribution is 2.25. The molecule has 0 bridgehead atoms. The fourth-order valence-corrected chi connectivity index (χ4v) is 6.61. The van der Waals surface area contributed by atoms with Crippen molar-refractivity contribution in [2.45, 2.75) is 47.6 Å². The van der Waals surface area contributed by atoms with Crippen LogP contribution in [-0.2, 0) is 30.1 Å². The summed E-state index contributed by atoms with van der Waals surface area (Å²) in [5, 5.41) is 0. The fourth-order valence-electron chi connectivity index (χ4n) is 2.99. The average molecular weight is 438 g/mol. The van der Waals surface area contributed by atoms with Crippen LogP contribution in [0.4, 0.5) is 0 Å². The lowest BCUT2D eigenvalue weighted by atomic mass is 10.1. The van der Waals surface area contributed by atoms with Crippen LogP contribution in [0.3, 0.4) is 0 Å². The molecule has 0 spiro atoms. The van der Waals surface area contributed by atoms with E-state index in [-0.39, 0.29) is 28.9 Å². The van der Waals surface area contributed by atoms with Crippen LogP contribution in [-0.4, -0.2) is 61.0 Å². The predicted octanol–water partition coefficient (Wildman–Crippen LogP) is -0.170. The topological polar surface area (TPSA) is 130 Å². The molecule has 1 aliphatic carbocycles. The van der Waals surface area contributed by atoms with Crippen LogP contribution >= 0.6 is 0 Å². The van der Waals surface area contributed by atoms with Gasteiger partial charge in [-0.05, 0) is 49.9 Å². The molecule has 2 N–H and O–H groups in total. The molecule has 0 radical (unpaired) electrons. The summed E-state index contributed by atoms with van der Waals surface area (Å²) < 4.78 is 79.0. The molecule has 1 atom stereocenters. The van der Waals surface area contributed by atoms with Gasteiger partial charge < -0.3 is 0 Å². The summed E-state index contributed by atoms with van der Waals surface area (Å²) in [4.78, 5) is -0.00325. The fraction of sp³-hybridized carbons (Fsp3) is 0.600. The number of rotatable bonds is 7. The van der Waals surface area contributed by atoms with E-state index < -0.39 is 36.1 Å². The van der Waals surface area contributed by atoms with Crippen molar-refractivity contribution in [3.05, 3.63) is 24.3 Å². The number of hydrogen-bond donors (Lipinski definition) is 2. The molecule has 152 valence electrons. The number of sulfonamides is 3. The van der Waals surface area contributed by atoms with E-state index in [0.717, 1.165) is 19.1 Å². The molecule has 1 unspecified atom stereocenters. The van der Waals surface area contributed by atoms with Crippen LogP contribution < -0.4 is 9.44 Å². The lowest BCUT2D eigenvalue weighted by molar-refractivity contribution is 0.303. The van der Waals surface area contributed by atoms with E-state index in [1.165, 1.54) is 28.6 Å². The third kappa shape index (κ3) is 5.27. The van der Waals surface area contributed by atoms with Gasteiger partial charge in [0.1, 0.15) is 0 Å². The first-order chi connectivity index (χ1) is 12.5. The Morgan fingerprint density at radius 2 is 1.44 bits per heavy atom. The lowest BCUT2D eigenvalue weighted by Gasteiger charge is -2.31. The number of hydrogen-bond acceptors (Lipinski definition) is 6. The summed E-state index contributed by atoms with van der Waals surface area (Å²) in [7, 11) is -10.9. The van der Waals surface area contributed by atoms with Crippen LogP contribution in [0.25, 0.3) is 0 Å². The van der Waals surface area contributed by atoms with Crippen LogP contribution in [0, 0.1) is 0 Å². The van der Waals surface area contributed by atoms with Gasteiger partial charge in [0.15, 0.2) is 0 Å². The number of nitrogens with one attached hydrogen (secondary N) is 2. The molecular formula is C15H23N3O6S3. The smallest absolute Gasteiger partial charge is 0.213 e. The summed E-state index contributed by atoms with van der Waals surface area (Å²) in [6, 6.07) is 4.56. The largest absolute Gasteiger partial charge is 0.243 e. The summed E-state index contributed by atoms with van der Waals surface area (Å²) in [6.45, 7) is 0.326. The van der Waals surface area contributed by atoms with Gasteiger partial charge in [0.05, 0.1) is 16.0 Å². The van der Waals surface area contributed by atoms with E-state index in [4.69, 9.17) is 0 Å². The predicted molar refractivity (Wildman–Crippen MR) is 99.5 cm³/mol. The van der Waals surface area contributed by atoms with E-state index in [1.54, 1.807) is 0 Å². The molecule has 0 aromatic heterocycles. The van der Waals surface area contributed by atoms with Crippen molar-refractivity contribution in [2.24, 2.45) is 0 Å². The lowest BCUT2D eigenvalue weighted by Crippen LogP contribution is -2.49. The molecule has 1 aliphatic heterocycles. The van der Waals surface area contributed by atoms with Crippen molar-refractivity contribution < 1.29 is 25.3 Å². The Labute approximate surface area is 160 Å². The normalized spacial score (nSPS) is 22.6. The molecule has 1 aromatic carbocycles. The molecule has 27 heavy (non-hydrogen) atoms. The first kappa shape index (κ1) is 20.7. The molecule has 1 heterocycles. The van der Waals surface area contributed by atoms with E-state index in [9.17, 15) is 25.3 Å². The Hall–Kier alpha value is -1.05. The Kier molecular flexibility index (Phi) is 5.67. The van der Waals surface area contributed by atoms with Gasteiger partial charge in [-0.15, -0.1) is 0 Å². The average Bonchev–Trinajstić information content (AvgIpc) is 3.37. The quantitative estimate of drug-likeness (QED) is 0.609. The molecular weight excluding hydrogens is 414 g/mol. The third-order valence-corrected chi connectivity index (χ3v) is 8.61. The monoisotopic (exact) mass is 437 g/mol. The van der Waals surface area contributed by atoms with E-state index in [2.05, 4.69) is 9.44 Å². The minimum atomic E-state index is -3.84. The first-order valence-corrected chi connectivity index (χ1v) is 13.4. The number of piperidine rings is 1. The maximum atomic E-state index is 12.8. The SMILES string of the molecule is CS(=O)(=O)NC1CCCN(S(=O)(=O)c2ccc(S(=O)(=O)NC3CC3)cc2)C1. The van der Waals surface area contributed by atoms with Crippen molar-refractivity contribution in [3.8, 4) is 0 Å². The van der Waals surface area contributed by atoms with Gasteiger partial charge in [-0.25, -0.2) is 34.7 Å². The Morgan fingerprint density at radius 1 is 0.852 bits per heavy atom.